The second kappa shape index (κ2) is 3.86. The maximum Gasteiger partial charge on any atom is 0.135 e. The molecule has 98 valence electrons. The summed E-state index contributed by atoms with van der Waals surface area (Å²) in [7, 11) is 0. The van der Waals surface area contributed by atoms with Gasteiger partial charge in [-0.05, 0) is 39.7 Å². The molecule has 0 saturated carbocycles. The van der Waals surface area contributed by atoms with E-state index in [1.165, 1.54) is 32.5 Å². The molecule has 2 aliphatic rings. The molecular weight excluding hydrogens is 256 g/mol. The predicted octanol–water partition coefficient (Wildman–Crippen LogP) is 5.84. The van der Waals surface area contributed by atoms with Crippen LogP contribution in [0, 0.1) is 0 Å². The minimum atomic E-state index is 0.941. The zero-order valence-electron chi connectivity index (χ0n) is 11.3. The van der Waals surface area contributed by atoms with E-state index in [1.54, 1.807) is 0 Å². The highest BCUT2D eigenvalue weighted by Gasteiger charge is 2.14. The Bertz CT molecular complexity index is 1080. The molecule has 0 N–H and O–H groups in total. The van der Waals surface area contributed by atoms with Crippen LogP contribution in [0.2, 0.25) is 0 Å². The Labute approximate surface area is 121 Å². The van der Waals surface area contributed by atoms with E-state index in [9.17, 15) is 0 Å². The first-order valence-electron chi connectivity index (χ1n) is 7.13. The lowest BCUT2D eigenvalue weighted by atomic mass is 10.0. The number of hydrogen-bond acceptors (Lipinski definition) is 1. The second-order valence-electron chi connectivity index (χ2n) is 5.45. The third-order valence-electron chi connectivity index (χ3n) is 4.24. The van der Waals surface area contributed by atoms with Gasteiger partial charge in [0, 0.05) is 10.9 Å². The highest BCUT2D eigenvalue weighted by Crippen LogP contribution is 2.38. The Hall–Kier alpha value is -2.80. The van der Waals surface area contributed by atoms with E-state index in [1.807, 2.05) is 0 Å². The minimum Gasteiger partial charge on any atom is -0.456 e. The van der Waals surface area contributed by atoms with Gasteiger partial charge in [-0.25, -0.2) is 0 Å². The molecule has 5 rings (SSSR count). The van der Waals surface area contributed by atoms with Crippen LogP contribution in [0.1, 0.15) is 0 Å². The van der Waals surface area contributed by atoms with Gasteiger partial charge in [0.2, 0.25) is 0 Å². The summed E-state index contributed by atoms with van der Waals surface area (Å²) in [4.78, 5) is 0. The SMILES string of the molecule is c1ccc2c3cc4c(ccc5ccccc54)oc-3cc2c1. The molecular formula is C20H12O. The molecule has 0 spiro atoms. The van der Waals surface area contributed by atoms with Gasteiger partial charge in [-0.2, -0.15) is 0 Å². The van der Waals surface area contributed by atoms with Crippen LogP contribution in [0.5, 0.6) is 0 Å². The van der Waals surface area contributed by atoms with E-state index in [4.69, 9.17) is 4.42 Å². The molecule has 0 bridgehead atoms. The fourth-order valence-electron chi connectivity index (χ4n) is 3.23. The summed E-state index contributed by atoms with van der Waals surface area (Å²) in [6, 6.07) is 25.5. The van der Waals surface area contributed by atoms with Crippen molar-refractivity contribution in [1.82, 2.24) is 0 Å². The summed E-state index contributed by atoms with van der Waals surface area (Å²) in [5.74, 6) is 0.957. The predicted molar refractivity (Wildman–Crippen MR) is 87.8 cm³/mol. The molecule has 3 aromatic rings. The Kier molecular flexibility index (Phi) is 2.01. The maximum atomic E-state index is 6.14. The highest BCUT2D eigenvalue weighted by atomic mass is 16.3. The fourth-order valence-corrected chi connectivity index (χ4v) is 3.23. The molecule has 0 fully saturated rings. The Balaban J connectivity index is 2.04. The van der Waals surface area contributed by atoms with Gasteiger partial charge in [0.25, 0.3) is 0 Å². The van der Waals surface area contributed by atoms with Crippen molar-refractivity contribution in [3.63, 3.8) is 0 Å². The summed E-state index contributed by atoms with van der Waals surface area (Å²) in [5.41, 5.74) is 2.13. The molecule has 0 unspecified atom stereocenters. The van der Waals surface area contributed by atoms with E-state index in [0.717, 1.165) is 11.3 Å². The quantitative estimate of drug-likeness (QED) is 0.321. The molecule has 1 heterocycles. The van der Waals surface area contributed by atoms with Crippen molar-refractivity contribution in [2.75, 3.05) is 0 Å². The molecule has 21 heavy (non-hydrogen) atoms. The highest BCUT2D eigenvalue weighted by molar-refractivity contribution is 6.10. The molecule has 0 atom stereocenters. The summed E-state index contributed by atoms with van der Waals surface area (Å²) in [5, 5.41) is 6.15. The van der Waals surface area contributed by atoms with Gasteiger partial charge in [0.1, 0.15) is 11.3 Å². The molecule has 1 aliphatic carbocycles. The first kappa shape index (κ1) is 10.9. The van der Waals surface area contributed by atoms with Gasteiger partial charge < -0.3 is 4.42 Å². The van der Waals surface area contributed by atoms with Crippen LogP contribution in [-0.4, -0.2) is 0 Å². The first-order chi connectivity index (χ1) is 10.4. The first-order valence-corrected chi connectivity index (χ1v) is 7.13. The van der Waals surface area contributed by atoms with Gasteiger partial charge in [-0.1, -0.05) is 54.6 Å². The topological polar surface area (TPSA) is 13.1 Å². The summed E-state index contributed by atoms with van der Waals surface area (Å²) in [6.07, 6.45) is 0. The van der Waals surface area contributed by atoms with Crippen molar-refractivity contribution in [2.45, 2.75) is 0 Å². The van der Waals surface area contributed by atoms with E-state index >= 15 is 0 Å². The molecule has 1 heteroatoms. The molecule has 0 amide bonds. The molecule has 1 aliphatic heterocycles. The Morgan fingerprint density at radius 2 is 1.33 bits per heavy atom. The number of rotatable bonds is 0. The van der Waals surface area contributed by atoms with Crippen LogP contribution in [0.15, 0.2) is 77.2 Å². The molecule has 3 aromatic carbocycles. The van der Waals surface area contributed by atoms with Crippen molar-refractivity contribution in [3.8, 4) is 11.3 Å². The van der Waals surface area contributed by atoms with Crippen molar-refractivity contribution < 1.29 is 4.42 Å². The summed E-state index contributed by atoms with van der Waals surface area (Å²) >= 11 is 0. The van der Waals surface area contributed by atoms with Crippen LogP contribution < -0.4 is 0 Å². The summed E-state index contributed by atoms with van der Waals surface area (Å²) < 4.78 is 6.14. The normalized spacial score (nSPS) is 11.8. The van der Waals surface area contributed by atoms with E-state index in [-0.39, 0.29) is 0 Å². The van der Waals surface area contributed by atoms with Crippen molar-refractivity contribution >= 4 is 32.5 Å². The van der Waals surface area contributed by atoms with E-state index in [2.05, 4.69) is 72.8 Å². The van der Waals surface area contributed by atoms with Crippen LogP contribution >= 0.6 is 0 Å². The fraction of sp³-hybridized carbons (Fsp3) is 0. The molecule has 0 aromatic heterocycles. The lowest BCUT2D eigenvalue weighted by molar-refractivity contribution is 0.622. The minimum absolute atomic E-state index is 0.941. The van der Waals surface area contributed by atoms with Gasteiger partial charge in [-0.15, -0.1) is 0 Å². The average molecular weight is 268 g/mol. The maximum absolute atomic E-state index is 6.14. The summed E-state index contributed by atoms with van der Waals surface area (Å²) in [6.45, 7) is 0. The zero-order chi connectivity index (χ0) is 13.8. The van der Waals surface area contributed by atoms with Crippen LogP contribution in [0.3, 0.4) is 0 Å². The van der Waals surface area contributed by atoms with Gasteiger partial charge in [-0.3, -0.25) is 0 Å². The lowest BCUT2D eigenvalue weighted by Crippen LogP contribution is -1.80. The van der Waals surface area contributed by atoms with Crippen molar-refractivity contribution in [3.05, 3.63) is 72.8 Å². The molecule has 0 radical (unpaired) electrons. The smallest absolute Gasteiger partial charge is 0.135 e. The third-order valence-corrected chi connectivity index (χ3v) is 4.24. The van der Waals surface area contributed by atoms with Gasteiger partial charge in [0.15, 0.2) is 0 Å². The van der Waals surface area contributed by atoms with Crippen molar-refractivity contribution in [2.24, 2.45) is 0 Å². The number of benzene rings is 3. The van der Waals surface area contributed by atoms with Gasteiger partial charge in [0.05, 0.1) is 0 Å². The zero-order valence-corrected chi connectivity index (χ0v) is 11.3. The van der Waals surface area contributed by atoms with Crippen molar-refractivity contribution in [1.29, 1.82) is 0 Å². The Morgan fingerprint density at radius 3 is 2.24 bits per heavy atom. The monoisotopic (exact) mass is 268 g/mol. The largest absolute Gasteiger partial charge is 0.456 e. The van der Waals surface area contributed by atoms with Crippen LogP contribution in [0.25, 0.3) is 43.8 Å². The number of hydrogen-bond donors (Lipinski definition) is 0. The standard InChI is InChI=1S/C20H12O/c1-3-7-15-13(5-1)9-10-19-17(15)12-18-16-8-4-2-6-14(16)11-20(18)21-19/h1-12H. The van der Waals surface area contributed by atoms with Crippen LogP contribution in [0.4, 0.5) is 0 Å². The molecule has 1 nitrogen and oxygen atoms in total. The van der Waals surface area contributed by atoms with Crippen LogP contribution in [-0.2, 0) is 0 Å². The van der Waals surface area contributed by atoms with E-state index < -0.39 is 0 Å². The average Bonchev–Trinajstić information content (AvgIpc) is 2.90. The number of fused-ring (bicyclic) bond motifs is 6. The second-order valence-corrected chi connectivity index (χ2v) is 5.45. The molecule has 0 saturated heterocycles. The third kappa shape index (κ3) is 1.46. The lowest BCUT2D eigenvalue weighted by Gasteiger charge is -2.07. The Morgan fingerprint density at radius 1 is 0.571 bits per heavy atom. The van der Waals surface area contributed by atoms with Gasteiger partial charge >= 0.3 is 0 Å². The van der Waals surface area contributed by atoms with E-state index in [0.29, 0.717) is 0 Å².